The molecule has 1 rings (SSSR count). The normalized spacial score (nSPS) is 29.9. The third-order valence-corrected chi connectivity index (χ3v) is 1.67. The van der Waals surface area contributed by atoms with Gasteiger partial charge in [0.1, 0.15) is 6.04 Å². The molecule has 36 valence electrons. The fraction of sp³-hybridized carbons (Fsp3) is 0.500. The van der Waals surface area contributed by atoms with Crippen molar-refractivity contribution in [1.29, 1.82) is 5.26 Å². The predicted octanol–water partition coefficient (Wildman–Crippen LogP) is 0.188. The van der Waals surface area contributed by atoms with E-state index in [4.69, 9.17) is 5.26 Å². The standard InChI is InChI=1S/C4H5N2P/c5-1-4-2-7-3-6-4/h2,4,6H,3H2. The lowest BCUT2D eigenvalue weighted by molar-refractivity contribution is 0.840. The summed E-state index contributed by atoms with van der Waals surface area (Å²) >= 11 is 0. The Balaban J connectivity index is 2.47. The Morgan fingerprint density at radius 3 is 3.14 bits per heavy atom. The van der Waals surface area contributed by atoms with Crippen LogP contribution in [0.1, 0.15) is 0 Å². The molecule has 0 aromatic heterocycles. The zero-order chi connectivity index (χ0) is 5.11. The summed E-state index contributed by atoms with van der Waals surface area (Å²) in [5.41, 5.74) is 0. The molecule has 2 nitrogen and oxygen atoms in total. The third-order valence-electron chi connectivity index (χ3n) is 0.796. The molecular formula is C4H5N2P. The summed E-state index contributed by atoms with van der Waals surface area (Å²) in [5, 5.41) is 11.2. The molecule has 1 aliphatic heterocycles. The maximum atomic E-state index is 8.22. The van der Waals surface area contributed by atoms with Crippen LogP contribution in [0.4, 0.5) is 0 Å². The van der Waals surface area contributed by atoms with Crippen LogP contribution in [0.15, 0.2) is 0 Å². The van der Waals surface area contributed by atoms with E-state index >= 15 is 0 Å². The van der Waals surface area contributed by atoms with Gasteiger partial charge in [0.25, 0.3) is 0 Å². The molecule has 0 saturated heterocycles. The Bertz CT molecular complexity index is 124. The summed E-state index contributed by atoms with van der Waals surface area (Å²) < 4.78 is 0. The average Bonchev–Trinajstić information content (AvgIpc) is 2.14. The maximum Gasteiger partial charge on any atom is 0.119 e. The van der Waals surface area contributed by atoms with Gasteiger partial charge in [0.15, 0.2) is 0 Å². The van der Waals surface area contributed by atoms with Crippen molar-refractivity contribution in [1.82, 2.24) is 5.32 Å². The number of nitriles is 1. The lowest BCUT2D eigenvalue weighted by Gasteiger charge is -1.90. The molecule has 1 heterocycles. The average molecular weight is 112 g/mol. The maximum absolute atomic E-state index is 8.22. The Kier molecular flexibility index (Phi) is 1.41. The van der Waals surface area contributed by atoms with E-state index in [2.05, 4.69) is 11.4 Å². The van der Waals surface area contributed by atoms with Crippen LogP contribution in [0, 0.1) is 11.3 Å². The quantitative estimate of drug-likeness (QED) is 0.454. The Morgan fingerprint density at radius 2 is 2.86 bits per heavy atom. The summed E-state index contributed by atoms with van der Waals surface area (Å²) in [5.74, 6) is 1.96. The van der Waals surface area contributed by atoms with Crippen molar-refractivity contribution in [3.05, 3.63) is 0 Å². The molecule has 7 heavy (non-hydrogen) atoms. The van der Waals surface area contributed by atoms with Crippen molar-refractivity contribution in [2.45, 2.75) is 6.04 Å². The van der Waals surface area contributed by atoms with E-state index in [9.17, 15) is 0 Å². The van der Waals surface area contributed by atoms with Gasteiger partial charge in [-0.2, -0.15) is 5.26 Å². The van der Waals surface area contributed by atoms with Crippen LogP contribution in [0.3, 0.4) is 0 Å². The van der Waals surface area contributed by atoms with E-state index < -0.39 is 0 Å². The van der Waals surface area contributed by atoms with Gasteiger partial charge < -0.3 is 0 Å². The molecule has 1 N–H and O–H groups in total. The molecular weight excluding hydrogens is 107 g/mol. The first-order valence-corrected chi connectivity index (χ1v) is 3.21. The minimum Gasteiger partial charge on any atom is -0.291 e. The van der Waals surface area contributed by atoms with Gasteiger partial charge >= 0.3 is 0 Å². The lowest BCUT2D eigenvalue weighted by Crippen LogP contribution is -2.21. The first kappa shape index (κ1) is 4.77. The molecule has 1 atom stereocenters. The van der Waals surface area contributed by atoms with Crippen molar-refractivity contribution in [2.75, 3.05) is 6.29 Å². The van der Waals surface area contributed by atoms with Crippen LogP contribution in [0.2, 0.25) is 0 Å². The van der Waals surface area contributed by atoms with Crippen LogP contribution >= 0.6 is 8.20 Å². The van der Waals surface area contributed by atoms with Crippen molar-refractivity contribution < 1.29 is 0 Å². The highest BCUT2D eigenvalue weighted by Gasteiger charge is 2.03. The second kappa shape index (κ2) is 2.07. The first-order valence-electron chi connectivity index (χ1n) is 2.06. The number of nitrogens with zero attached hydrogens (tertiary/aromatic N) is 1. The van der Waals surface area contributed by atoms with Gasteiger partial charge in [-0.1, -0.05) is 8.20 Å². The second-order valence-corrected chi connectivity index (χ2v) is 2.28. The van der Waals surface area contributed by atoms with Crippen LogP contribution in [0.25, 0.3) is 0 Å². The highest BCUT2D eigenvalue weighted by atomic mass is 31.1. The summed E-state index contributed by atoms with van der Waals surface area (Å²) in [7, 11) is 1.24. The Morgan fingerprint density at radius 1 is 2.00 bits per heavy atom. The number of hydrogen-bond donors (Lipinski definition) is 1. The van der Waals surface area contributed by atoms with Crippen LogP contribution in [0.5, 0.6) is 0 Å². The van der Waals surface area contributed by atoms with Gasteiger partial charge in [-0.05, 0) is 5.80 Å². The first-order chi connectivity index (χ1) is 3.43. The largest absolute Gasteiger partial charge is 0.291 e. The van der Waals surface area contributed by atoms with E-state index in [1.54, 1.807) is 0 Å². The van der Waals surface area contributed by atoms with Crippen molar-refractivity contribution in [3.8, 4) is 6.07 Å². The summed E-state index contributed by atoms with van der Waals surface area (Å²) in [4.78, 5) is 0. The van der Waals surface area contributed by atoms with Crippen LogP contribution in [-0.4, -0.2) is 18.1 Å². The monoisotopic (exact) mass is 112 g/mol. The van der Waals surface area contributed by atoms with E-state index in [1.807, 2.05) is 5.80 Å². The minimum absolute atomic E-state index is 0.0154. The van der Waals surface area contributed by atoms with Crippen molar-refractivity contribution in [2.24, 2.45) is 0 Å². The molecule has 0 saturated carbocycles. The molecule has 0 bridgehead atoms. The van der Waals surface area contributed by atoms with E-state index in [-0.39, 0.29) is 6.04 Å². The van der Waals surface area contributed by atoms with Crippen LogP contribution < -0.4 is 5.32 Å². The zero-order valence-corrected chi connectivity index (χ0v) is 4.65. The smallest absolute Gasteiger partial charge is 0.119 e. The van der Waals surface area contributed by atoms with Crippen molar-refractivity contribution >= 4 is 14.0 Å². The predicted molar refractivity (Wildman–Crippen MR) is 30.4 cm³/mol. The molecule has 1 aliphatic rings. The molecule has 0 radical (unpaired) electrons. The number of nitrogens with one attached hydrogen (secondary N) is 1. The molecule has 0 amide bonds. The number of hydrogen-bond acceptors (Lipinski definition) is 2. The fourth-order valence-electron chi connectivity index (χ4n) is 0.441. The van der Waals surface area contributed by atoms with Gasteiger partial charge in [-0.3, -0.25) is 5.32 Å². The Labute approximate surface area is 43.9 Å². The van der Waals surface area contributed by atoms with Gasteiger partial charge in [0, 0.05) is 6.29 Å². The van der Waals surface area contributed by atoms with Crippen LogP contribution in [-0.2, 0) is 0 Å². The molecule has 1 unspecified atom stereocenters. The van der Waals surface area contributed by atoms with E-state index in [1.165, 1.54) is 8.20 Å². The van der Waals surface area contributed by atoms with E-state index in [0.717, 1.165) is 6.29 Å². The topological polar surface area (TPSA) is 35.8 Å². The molecule has 0 aliphatic carbocycles. The highest BCUT2D eigenvalue weighted by molar-refractivity contribution is 7.39. The summed E-state index contributed by atoms with van der Waals surface area (Å²) in [6.07, 6.45) is 0.943. The second-order valence-electron chi connectivity index (χ2n) is 1.30. The minimum atomic E-state index is 0.0154. The SMILES string of the molecule is N#CC1C=PCN1. The Hall–Kier alpha value is -0.380. The van der Waals surface area contributed by atoms with Gasteiger partial charge in [0.05, 0.1) is 6.07 Å². The number of rotatable bonds is 0. The molecule has 3 heteroatoms. The van der Waals surface area contributed by atoms with Gasteiger partial charge in [0.2, 0.25) is 0 Å². The van der Waals surface area contributed by atoms with E-state index in [0.29, 0.717) is 0 Å². The molecule has 0 spiro atoms. The fourth-order valence-corrected chi connectivity index (χ4v) is 1.23. The van der Waals surface area contributed by atoms with Gasteiger partial charge in [-0.15, -0.1) is 0 Å². The summed E-state index contributed by atoms with van der Waals surface area (Å²) in [6, 6.07) is 2.11. The molecule has 0 aromatic rings. The van der Waals surface area contributed by atoms with Gasteiger partial charge in [-0.25, -0.2) is 0 Å². The molecule has 0 aromatic carbocycles. The zero-order valence-electron chi connectivity index (χ0n) is 3.76. The van der Waals surface area contributed by atoms with Crippen molar-refractivity contribution in [3.63, 3.8) is 0 Å². The molecule has 0 fully saturated rings. The summed E-state index contributed by atoms with van der Waals surface area (Å²) in [6.45, 7) is 0. The highest BCUT2D eigenvalue weighted by Crippen LogP contribution is 1.99. The third kappa shape index (κ3) is 0.991. The lowest BCUT2D eigenvalue weighted by atomic mass is 10.4.